The highest BCUT2D eigenvalue weighted by Crippen LogP contribution is 2.31. The molecule has 0 amide bonds. The quantitative estimate of drug-likeness (QED) is 0.916. The van der Waals surface area contributed by atoms with Crippen molar-refractivity contribution in [2.24, 2.45) is 5.73 Å². The van der Waals surface area contributed by atoms with E-state index >= 15 is 0 Å². The molecule has 1 fully saturated rings. The first-order chi connectivity index (χ1) is 8.05. The minimum Gasteiger partial charge on any atom is -0.329 e. The second-order valence-electron chi connectivity index (χ2n) is 4.06. The fourth-order valence-corrected chi connectivity index (χ4v) is 5.92. The van der Waals surface area contributed by atoms with Gasteiger partial charge in [-0.2, -0.15) is 4.31 Å². The molecule has 0 radical (unpaired) electrons. The van der Waals surface area contributed by atoms with Crippen molar-refractivity contribution in [1.29, 1.82) is 0 Å². The molecule has 1 atom stereocenters. The summed E-state index contributed by atoms with van der Waals surface area (Å²) in [6.07, 6.45) is 2.84. The zero-order valence-electron chi connectivity index (χ0n) is 9.30. The number of nitrogens with zero attached hydrogens (tertiary/aromatic N) is 1. The lowest BCUT2D eigenvalue weighted by atomic mass is 10.1. The third-order valence-corrected chi connectivity index (χ3v) is 7.00. The molecule has 4 nitrogen and oxygen atoms in total. The first-order valence-electron chi connectivity index (χ1n) is 5.53. The van der Waals surface area contributed by atoms with E-state index < -0.39 is 10.0 Å². The minimum absolute atomic E-state index is 0.0466. The standard InChI is InChI=1S/C10H15BrN2O2S2/c11-9-4-5-10(16-9)17(14,15)13-6-2-1-3-8(13)7-12/h4-5,8H,1-3,6-7,12H2/t8-/m1/s1. The molecule has 0 aliphatic carbocycles. The molecular formula is C10H15BrN2O2S2. The Balaban J connectivity index is 2.30. The number of hydrogen-bond acceptors (Lipinski definition) is 4. The summed E-state index contributed by atoms with van der Waals surface area (Å²) in [5, 5.41) is 0. The van der Waals surface area contributed by atoms with Crippen LogP contribution >= 0.6 is 27.3 Å². The van der Waals surface area contributed by atoms with Gasteiger partial charge in [0.2, 0.25) is 0 Å². The van der Waals surface area contributed by atoms with E-state index in [-0.39, 0.29) is 6.04 Å². The predicted molar refractivity (Wildman–Crippen MR) is 72.6 cm³/mol. The van der Waals surface area contributed by atoms with Gasteiger partial charge < -0.3 is 5.73 Å². The summed E-state index contributed by atoms with van der Waals surface area (Å²) in [6.45, 7) is 0.978. The normalized spacial score (nSPS) is 22.8. The van der Waals surface area contributed by atoms with Crippen LogP contribution in [0.4, 0.5) is 0 Å². The predicted octanol–water partition coefficient (Wildman–Crippen LogP) is 2.01. The summed E-state index contributed by atoms with van der Waals surface area (Å²) in [6, 6.07) is 3.36. The summed E-state index contributed by atoms with van der Waals surface area (Å²) in [7, 11) is -3.36. The fourth-order valence-electron chi connectivity index (χ4n) is 2.08. The van der Waals surface area contributed by atoms with E-state index in [4.69, 9.17) is 5.73 Å². The van der Waals surface area contributed by atoms with Crippen molar-refractivity contribution in [3.63, 3.8) is 0 Å². The van der Waals surface area contributed by atoms with Gasteiger partial charge in [-0.15, -0.1) is 11.3 Å². The van der Waals surface area contributed by atoms with Crippen LogP contribution in [0.3, 0.4) is 0 Å². The van der Waals surface area contributed by atoms with Crippen LogP contribution in [0.25, 0.3) is 0 Å². The van der Waals surface area contributed by atoms with E-state index in [0.29, 0.717) is 17.3 Å². The summed E-state index contributed by atoms with van der Waals surface area (Å²) >= 11 is 4.54. The number of rotatable bonds is 3. The van der Waals surface area contributed by atoms with Crippen LogP contribution in [0.2, 0.25) is 0 Å². The highest BCUT2D eigenvalue weighted by molar-refractivity contribution is 9.11. The van der Waals surface area contributed by atoms with Crippen molar-refractivity contribution in [3.8, 4) is 0 Å². The smallest absolute Gasteiger partial charge is 0.252 e. The van der Waals surface area contributed by atoms with Gasteiger partial charge in [0.1, 0.15) is 4.21 Å². The van der Waals surface area contributed by atoms with Crippen LogP contribution in [0.5, 0.6) is 0 Å². The lowest BCUT2D eigenvalue weighted by Gasteiger charge is -2.33. The van der Waals surface area contributed by atoms with Gasteiger partial charge in [-0.05, 0) is 40.9 Å². The average molecular weight is 339 g/mol. The molecule has 1 saturated heterocycles. The third-order valence-electron chi connectivity index (χ3n) is 2.96. The van der Waals surface area contributed by atoms with Gasteiger partial charge in [-0.1, -0.05) is 6.42 Å². The number of thiophene rings is 1. The maximum atomic E-state index is 12.4. The third kappa shape index (κ3) is 2.73. The summed E-state index contributed by atoms with van der Waals surface area (Å²) < 4.78 is 27.6. The van der Waals surface area contributed by atoms with E-state index in [9.17, 15) is 8.42 Å². The van der Waals surface area contributed by atoms with E-state index in [2.05, 4.69) is 15.9 Å². The summed E-state index contributed by atoms with van der Waals surface area (Å²) in [4.78, 5) is 0. The van der Waals surface area contributed by atoms with Crippen molar-refractivity contribution < 1.29 is 8.42 Å². The number of sulfonamides is 1. The Morgan fingerprint density at radius 2 is 2.24 bits per heavy atom. The van der Waals surface area contributed by atoms with Crippen LogP contribution in [0, 0.1) is 0 Å². The van der Waals surface area contributed by atoms with Crippen molar-refractivity contribution in [2.75, 3.05) is 13.1 Å². The highest BCUT2D eigenvalue weighted by Gasteiger charge is 2.33. The molecular weight excluding hydrogens is 324 g/mol. The van der Waals surface area contributed by atoms with Crippen molar-refractivity contribution in [1.82, 2.24) is 4.31 Å². The molecule has 2 heterocycles. The molecule has 7 heteroatoms. The molecule has 96 valence electrons. The molecule has 1 aliphatic rings. The molecule has 0 aromatic carbocycles. The van der Waals surface area contributed by atoms with Gasteiger partial charge >= 0.3 is 0 Å². The molecule has 1 aromatic rings. The van der Waals surface area contributed by atoms with Crippen LogP contribution in [-0.4, -0.2) is 31.9 Å². The SMILES string of the molecule is NC[C@H]1CCCCN1S(=O)(=O)c1ccc(Br)s1. The molecule has 2 rings (SSSR count). The number of piperidine rings is 1. The van der Waals surface area contributed by atoms with Gasteiger partial charge in [0, 0.05) is 19.1 Å². The Hall–Kier alpha value is 0.0500. The summed E-state index contributed by atoms with van der Waals surface area (Å²) in [5.41, 5.74) is 5.66. The van der Waals surface area contributed by atoms with E-state index in [1.165, 1.54) is 11.3 Å². The van der Waals surface area contributed by atoms with Crippen LogP contribution in [0.15, 0.2) is 20.1 Å². The molecule has 0 saturated carbocycles. The van der Waals surface area contributed by atoms with Gasteiger partial charge in [0.25, 0.3) is 10.0 Å². The first-order valence-corrected chi connectivity index (χ1v) is 8.58. The first kappa shape index (κ1) is 13.5. The molecule has 2 N–H and O–H groups in total. The Bertz CT molecular complexity index is 486. The maximum absolute atomic E-state index is 12.4. The average Bonchev–Trinajstić information content (AvgIpc) is 2.76. The Labute approximate surface area is 114 Å². The molecule has 0 bridgehead atoms. The summed E-state index contributed by atoms with van der Waals surface area (Å²) in [5.74, 6) is 0. The lowest BCUT2D eigenvalue weighted by Crippen LogP contribution is -2.47. The van der Waals surface area contributed by atoms with Crippen molar-refractivity contribution in [2.45, 2.75) is 29.5 Å². The second kappa shape index (κ2) is 5.36. The number of nitrogens with two attached hydrogens (primary N) is 1. The van der Waals surface area contributed by atoms with Gasteiger partial charge in [0.15, 0.2) is 0 Å². The zero-order valence-corrected chi connectivity index (χ0v) is 12.5. The Kier molecular flexibility index (Phi) is 4.25. The molecule has 1 aromatic heterocycles. The number of hydrogen-bond donors (Lipinski definition) is 1. The van der Waals surface area contributed by atoms with E-state index in [1.807, 2.05) is 0 Å². The second-order valence-corrected chi connectivity index (χ2v) is 8.64. The fraction of sp³-hybridized carbons (Fsp3) is 0.600. The Morgan fingerprint density at radius 3 is 2.82 bits per heavy atom. The largest absolute Gasteiger partial charge is 0.329 e. The monoisotopic (exact) mass is 338 g/mol. The maximum Gasteiger partial charge on any atom is 0.252 e. The van der Waals surface area contributed by atoms with Crippen LogP contribution in [0.1, 0.15) is 19.3 Å². The van der Waals surface area contributed by atoms with Crippen molar-refractivity contribution >= 4 is 37.3 Å². The topological polar surface area (TPSA) is 63.4 Å². The van der Waals surface area contributed by atoms with E-state index in [0.717, 1.165) is 23.0 Å². The van der Waals surface area contributed by atoms with Gasteiger partial charge in [-0.25, -0.2) is 8.42 Å². The molecule has 0 unspecified atom stereocenters. The molecule has 17 heavy (non-hydrogen) atoms. The highest BCUT2D eigenvalue weighted by atomic mass is 79.9. The van der Waals surface area contributed by atoms with Crippen molar-refractivity contribution in [3.05, 3.63) is 15.9 Å². The minimum atomic E-state index is -3.36. The lowest BCUT2D eigenvalue weighted by molar-refractivity contribution is 0.258. The van der Waals surface area contributed by atoms with Gasteiger partial charge in [-0.3, -0.25) is 0 Å². The molecule has 0 spiro atoms. The van der Waals surface area contributed by atoms with Gasteiger partial charge in [0.05, 0.1) is 3.79 Å². The van der Waals surface area contributed by atoms with Crippen LogP contribution in [-0.2, 0) is 10.0 Å². The molecule has 1 aliphatic heterocycles. The number of halogens is 1. The van der Waals surface area contributed by atoms with Crippen LogP contribution < -0.4 is 5.73 Å². The Morgan fingerprint density at radius 1 is 1.47 bits per heavy atom. The van der Waals surface area contributed by atoms with E-state index in [1.54, 1.807) is 16.4 Å². The zero-order chi connectivity index (χ0) is 12.5.